The Bertz CT molecular complexity index is 928. The molecule has 0 unspecified atom stereocenters. The van der Waals surface area contributed by atoms with Crippen LogP contribution in [0.4, 0.5) is 0 Å². The third kappa shape index (κ3) is 4.93. The van der Waals surface area contributed by atoms with Crippen molar-refractivity contribution in [3.63, 3.8) is 0 Å². The monoisotopic (exact) mass is 370 g/mol. The summed E-state index contributed by atoms with van der Waals surface area (Å²) in [5, 5.41) is 8.91. The molecule has 0 bridgehead atoms. The number of amides is 1. The molecule has 26 heavy (non-hydrogen) atoms. The minimum atomic E-state index is -3.16. The van der Waals surface area contributed by atoms with Gasteiger partial charge in [0.05, 0.1) is 23.4 Å². The van der Waals surface area contributed by atoms with Gasteiger partial charge in [-0.2, -0.15) is 5.26 Å². The predicted molar refractivity (Wildman–Crippen MR) is 101 cm³/mol. The van der Waals surface area contributed by atoms with Crippen LogP contribution in [0.2, 0.25) is 0 Å². The molecule has 0 aliphatic carbocycles. The molecular weight excluding hydrogens is 348 g/mol. The van der Waals surface area contributed by atoms with Crippen LogP contribution in [0.5, 0.6) is 0 Å². The molecule has 0 aromatic heterocycles. The summed E-state index contributed by atoms with van der Waals surface area (Å²) in [4.78, 5) is 14.7. The van der Waals surface area contributed by atoms with Crippen molar-refractivity contribution in [1.29, 1.82) is 5.26 Å². The van der Waals surface area contributed by atoms with Gasteiger partial charge in [-0.3, -0.25) is 4.79 Å². The van der Waals surface area contributed by atoms with Crippen molar-refractivity contribution in [3.8, 4) is 6.07 Å². The van der Waals surface area contributed by atoms with Gasteiger partial charge in [0.25, 0.3) is 5.91 Å². The van der Waals surface area contributed by atoms with E-state index in [9.17, 15) is 13.2 Å². The van der Waals surface area contributed by atoms with Crippen LogP contribution in [0.15, 0.2) is 48.5 Å². The molecule has 0 saturated carbocycles. The zero-order valence-electron chi connectivity index (χ0n) is 15.1. The lowest BCUT2D eigenvalue weighted by Gasteiger charge is -2.28. The van der Waals surface area contributed by atoms with E-state index in [2.05, 4.69) is 6.07 Å². The summed E-state index contributed by atoms with van der Waals surface area (Å²) in [6.07, 6.45) is 1.17. The van der Waals surface area contributed by atoms with Gasteiger partial charge in [0.1, 0.15) is 0 Å². The first-order valence-corrected chi connectivity index (χ1v) is 10.4. The molecule has 2 aromatic carbocycles. The van der Waals surface area contributed by atoms with Gasteiger partial charge in [0.15, 0.2) is 9.84 Å². The summed E-state index contributed by atoms with van der Waals surface area (Å²) >= 11 is 0. The Morgan fingerprint density at radius 3 is 2.38 bits per heavy atom. The topological polar surface area (TPSA) is 78.2 Å². The smallest absolute Gasteiger partial charge is 0.254 e. The highest BCUT2D eigenvalue weighted by Gasteiger charge is 2.21. The molecule has 6 heteroatoms. The average Bonchev–Trinajstić information content (AvgIpc) is 2.61. The SMILES string of the molecule is CCN(C(=O)c1cccc(CS(C)(=O)=O)c1)[C@@H](C)c1ccc(C#N)cc1. The lowest BCUT2D eigenvalue weighted by atomic mass is 10.0. The standard InChI is InChI=1S/C20H22N2O3S/c1-4-22(15(2)18-10-8-16(13-21)9-11-18)20(23)19-7-5-6-17(12-19)14-26(3,24)25/h5-12,15H,4,14H2,1-3H3/t15-/m0/s1. The zero-order valence-corrected chi connectivity index (χ0v) is 16.0. The van der Waals surface area contributed by atoms with Gasteiger partial charge >= 0.3 is 0 Å². The molecule has 1 atom stereocenters. The van der Waals surface area contributed by atoms with E-state index in [0.29, 0.717) is 23.2 Å². The highest BCUT2D eigenvalue weighted by atomic mass is 32.2. The first-order chi connectivity index (χ1) is 12.2. The van der Waals surface area contributed by atoms with E-state index < -0.39 is 9.84 Å². The molecule has 2 rings (SSSR count). The van der Waals surface area contributed by atoms with Crippen LogP contribution in [-0.2, 0) is 15.6 Å². The average molecular weight is 370 g/mol. The van der Waals surface area contributed by atoms with Crippen LogP contribution >= 0.6 is 0 Å². The van der Waals surface area contributed by atoms with Crippen molar-refractivity contribution in [2.24, 2.45) is 0 Å². The summed E-state index contributed by atoms with van der Waals surface area (Å²) in [7, 11) is -3.16. The van der Waals surface area contributed by atoms with Crippen molar-refractivity contribution in [2.75, 3.05) is 12.8 Å². The molecule has 5 nitrogen and oxygen atoms in total. The molecule has 1 amide bonds. The van der Waals surface area contributed by atoms with E-state index in [0.717, 1.165) is 5.56 Å². The van der Waals surface area contributed by atoms with E-state index in [4.69, 9.17) is 5.26 Å². The molecule has 0 heterocycles. The zero-order chi connectivity index (χ0) is 19.3. The second-order valence-electron chi connectivity index (χ2n) is 6.27. The Labute approximate surface area is 154 Å². The second-order valence-corrected chi connectivity index (χ2v) is 8.41. The Hall–Kier alpha value is -2.65. The maximum Gasteiger partial charge on any atom is 0.254 e. The Morgan fingerprint density at radius 2 is 1.85 bits per heavy atom. The molecule has 0 aliphatic heterocycles. The second kappa shape index (κ2) is 8.15. The minimum Gasteiger partial charge on any atom is -0.332 e. The van der Waals surface area contributed by atoms with Crippen LogP contribution in [-0.4, -0.2) is 32.0 Å². The molecule has 136 valence electrons. The number of nitriles is 1. The Balaban J connectivity index is 2.27. The minimum absolute atomic E-state index is 0.0918. The highest BCUT2D eigenvalue weighted by Crippen LogP contribution is 2.23. The number of hydrogen-bond donors (Lipinski definition) is 0. The fourth-order valence-corrected chi connectivity index (χ4v) is 3.66. The largest absolute Gasteiger partial charge is 0.332 e. The molecule has 2 aromatic rings. The summed E-state index contributed by atoms with van der Waals surface area (Å²) in [6.45, 7) is 4.35. The predicted octanol–water partition coefficient (Wildman–Crippen LogP) is 3.33. The lowest BCUT2D eigenvalue weighted by molar-refractivity contribution is 0.0702. The summed E-state index contributed by atoms with van der Waals surface area (Å²) in [5.41, 5.74) is 2.57. The summed E-state index contributed by atoms with van der Waals surface area (Å²) in [5.74, 6) is -0.245. The number of sulfone groups is 1. The molecule has 0 N–H and O–H groups in total. The molecule has 0 aliphatic rings. The fourth-order valence-electron chi connectivity index (χ4n) is 2.87. The van der Waals surface area contributed by atoms with E-state index >= 15 is 0 Å². The number of benzene rings is 2. The maximum absolute atomic E-state index is 13.0. The maximum atomic E-state index is 13.0. The molecule has 0 radical (unpaired) electrons. The summed E-state index contributed by atoms with van der Waals surface area (Å²) < 4.78 is 23.0. The Morgan fingerprint density at radius 1 is 1.19 bits per heavy atom. The number of carbonyl (C=O) groups is 1. The molecule has 0 fully saturated rings. The van der Waals surface area contributed by atoms with Crippen LogP contribution < -0.4 is 0 Å². The van der Waals surface area contributed by atoms with Gasteiger partial charge in [-0.25, -0.2) is 8.42 Å². The van der Waals surface area contributed by atoms with Gasteiger partial charge in [0, 0.05) is 18.4 Å². The van der Waals surface area contributed by atoms with Crippen LogP contribution in [0.25, 0.3) is 0 Å². The molecule has 0 saturated heterocycles. The van der Waals surface area contributed by atoms with Crippen molar-refractivity contribution in [2.45, 2.75) is 25.6 Å². The third-order valence-corrected chi connectivity index (χ3v) is 5.05. The number of rotatable bonds is 6. The van der Waals surface area contributed by atoms with Crippen molar-refractivity contribution < 1.29 is 13.2 Å². The van der Waals surface area contributed by atoms with Crippen molar-refractivity contribution >= 4 is 15.7 Å². The van der Waals surface area contributed by atoms with Crippen molar-refractivity contribution in [1.82, 2.24) is 4.90 Å². The van der Waals surface area contributed by atoms with Crippen LogP contribution in [0.3, 0.4) is 0 Å². The number of nitrogens with zero attached hydrogens (tertiary/aromatic N) is 2. The third-order valence-electron chi connectivity index (χ3n) is 4.19. The number of hydrogen-bond acceptors (Lipinski definition) is 4. The lowest BCUT2D eigenvalue weighted by Crippen LogP contribution is -2.33. The van der Waals surface area contributed by atoms with E-state index in [-0.39, 0.29) is 17.7 Å². The quantitative estimate of drug-likeness (QED) is 0.781. The summed E-state index contributed by atoms with van der Waals surface area (Å²) in [6, 6.07) is 15.8. The van der Waals surface area contributed by atoms with Crippen LogP contribution in [0, 0.1) is 11.3 Å². The molecule has 0 spiro atoms. The van der Waals surface area contributed by atoms with Gasteiger partial charge in [-0.15, -0.1) is 0 Å². The van der Waals surface area contributed by atoms with E-state index in [1.807, 2.05) is 26.0 Å². The van der Waals surface area contributed by atoms with E-state index in [1.165, 1.54) is 6.26 Å². The first-order valence-electron chi connectivity index (χ1n) is 8.33. The van der Waals surface area contributed by atoms with E-state index in [1.54, 1.807) is 41.3 Å². The normalized spacial score (nSPS) is 12.2. The first kappa shape index (κ1) is 19.7. The van der Waals surface area contributed by atoms with Crippen molar-refractivity contribution in [3.05, 3.63) is 70.8 Å². The van der Waals surface area contributed by atoms with Gasteiger partial charge in [-0.05, 0) is 49.2 Å². The van der Waals surface area contributed by atoms with Gasteiger partial charge in [0.2, 0.25) is 0 Å². The number of carbonyl (C=O) groups excluding carboxylic acids is 1. The Kier molecular flexibility index (Phi) is 6.17. The fraction of sp³-hybridized carbons (Fsp3) is 0.300. The highest BCUT2D eigenvalue weighted by molar-refractivity contribution is 7.89. The van der Waals surface area contributed by atoms with Crippen LogP contribution in [0.1, 0.15) is 46.9 Å². The van der Waals surface area contributed by atoms with Gasteiger partial charge in [-0.1, -0.05) is 24.3 Å². The van der Waals surface area contributed by atoms with Gasteiger partial charge < -0.3 is 4.90 Å². The molecular formula is C20H22N2O3S.